The standard InChI is InChI=1S/C8H12BrN3O/c1-3-12-5-7(9)8(11-12)4-10-6(2)13/h5H,3-4H2,1-2H3,(H,10,13). The molecule has 72 valence electrons. The molecule has 13 heavy (non-hydrogen) atoms. The van der Waals surface area contributed by atoms with Gasteiger partial charge in [0.1, 0.15) is 0 Å². The van der Waals surface area contributed by atoms with Crippen molar-refractivity contribution in [2.75, 3.05) is 0 Å². The van der Waals surface area contributed by atoms with Gasteiger partial charge in [-0.2, -0.15) is 5.10 Å². The van der Waals surface area contributed by atoms with Crippen LogP contribution >= 0.6 is 15.9 Å². The van der Waals surface area contributed by atoms with Gasteiger partial charge >= 0.3 is 0 Å². The van der Waals surface area contributed by atoms with E-state index in [1.807, 2.05) is 17.8 Å². The highest BCUT2D eigenvalue weighted by Crippen LogP contribution is 2.14. The van der Waals surface area contributed by atoms with Crippen LogP contribution in [0.4, 0.5) is 0 Å². The van der Waals surface area contributed by atoms with Gasteiger partial charge in [0.05, 0.1) is 16.7 Å². The fourth-order valence-corrected chi connectivity index (χ4v) is 1.38. The maximum absolute atomic E-state index is 10.6. The van der Waals surface area contributed by atoms with Gasteiger partial charge in [-0.3, -0.25) is 9.48 Å². The highest BCUT2D eigenvalue weighted by molar-refractivity contribution is 9.10. The second kappa shape index (κ2) is 4.41. The number of carbonyl (C=O) groups is 1. The number of carbonyl (C=O) groups excluding carboxylic acids is 1. The predicted molar refractivity (Wildman–Crippen MR) is 53.1 cm³/mol. The van der Waals surface area contributed by atoms with E-state index in [9.17, 15) is 4.79 Å². The summed E-state index contributed by atoms with van der Waals surface area (Å²) in [6, 6.07) is 0. The quantitative estimate of drug-likeness (QED) is 0.873. The van der Waals surface area contributed by atoms with Gasteiger partial charge in [0, 0.05) is 19.7 Å². The molecular formula is C8H12BrN3O. The normalized spacial score (nSPS) is 10.1. The zero-order chi connectivity index (χ0) is 9.84. The van der Waals surface area contributed by atoms with Crippen molar-refractivity contribution in [3.05, 3.63) is 16.4 Å². The van der Waals surface area contributed by atoms with Crippen molar-refractivity contribution in [1.82, 2.24) is 15.1 Å². The van der Waals surface area contributed by atoms with Crippen molar-refractivity contribution < 1.29 is 4.79 Å². The molecule has 0 aromatic carbocycles. The van der Waals surface area contributed by atoms with Gasteiger partial charge in [-0.1, -0.05) is 0 Å². The summed E-state index contributed by atoms with van der Waals surface area (Å²) in [7, 11) is 0. The smallest absolute Gasteiger partial charge is 0.217 e. The van der Waals surface area contributed by atoms with E-state index in [1.165, 1.54) is 6.92 Å². The predicted octanol–water partition coefficient (Wildman–Crippen LogP) is 1.30. The molecule has 0 saturated heterocycles. The lowest BCUT2D eigenvalue weighted by atomic mass is 10.4. The van der Waals surface area contributed by atoms with E-state index in [2.05, 4.69) is 26.3 Å². The summed E-state index contributed by atoms with van der Waals surface area (Å²) < 4.78 is 2.75. The van der Waals surface area contributed by atoms with Crippen LogP contribution in [0.2, 0.25) is 0 Å². The van der Waals surface area contributed by atoms with Crippen LogP contribution in [-0.2, 0) is 17.9 Å². The SMILES string of the molecule is CCn1cc(Br)c(CNC(C)=O)n1. The average molecular weight is 246 g/mol. The maximum Gasteiger partial charge on any atom is 0.217 e. The first-order valence-electron chi connectivity index (χ1n) is 4.09. The maximum atomic E-state index is 10.6. The Bertz CT molecular complexity index is 308. The molecule has 0 atom stereocenters. The highest BCUT2D eigenvalue weighted by atomic mass is 79.9. The number of amides is 1. The van der Waals surface area contributed by atoms with E-state index < -0.39 is 0 Å². The third kappa shape index (κ3) is 2.84. The molecule has 4 nitrogen and oxygen atoms in total. The molecule has 1 heterocycles. The van der Waals surface area contributed by atoms with Gasteiger partial charge in [0.15, 0.2) is 0 Å². The Kier molecular flexibility index (Phi) is 3.48. The average Bonchev–Trinajstić information content (AvgIpc) is 2.43. The topological polar surface area (TPSA) is 46.9 Å². The first kappa shape index (κ1) is 10.2. The Morgan fingerprint density at radius 1 is 1.77 bits per heavy atom. The van der Waals surface area contributed by atoms with Gasteiger partial charge in [-0.15, -0.1) is 0 Å². The van der Waals surface area contributed by atoms with Crippen molar-refractivity contribution in [2.24, 2.45) is 0 Å². The lowest BCUT2D eigenvalue weighted by molar-refractivity contribution is -0.119. The highest BCUT2D eigenvalue weighted by Gasteiger charge is 2.05. The number of hydrogen-bond donors (Lipinski definition) is 1. The molecule has 0 unspecified atom stereocenters. The fraction of sp³-hybridized carbons (Fsp3) is 0.500. The molecule has 1 aromatic heterocycles. The van der Waals surface area contributed by atoms with E-state index in [4.69, 9.17) is 0 Å². The van der Waals surface area contributed by atoms with Crippen molar-refractivity contribution in [3.8, 4) is 0 Å². The number of aromatic nitrogens is 2. The summed E-state index contributed by atoms with van der Waals surface area (Å²) in [6.45, 7) is 4.81. The summed E-state index contributed by atoms with van der Waals surface area (Å²) in [4.78, 5) is 10.6. The van der Waals surface area contributed by atoms with Gasteiger partial charge < -0.3 is 5.32 Å². The number of rotatable bonds is 3. The number of nitrogens with zero attached hydrogens (tertiary/aromatic N) is 2. The van der Waals surface area contributed by atoms with Crippen LogP contribution in [0.5, 0.6) is 0 Å². The van der Waals surface area contributed by atoms with Gasteiger partial charge in [-0.05, 0) is 22.9 Å². The Labute approximate surface area is 85.4 Å². The van der Waals surface area contributed by atoms with Crippen LogP contribution < -0.4 is 5.32 Å². The van der Waals surface area contributed by atoms with Crippen molar-refractivity contribution in [2.45, 2.75) is 26.9 Å². The molecule has 1 aromatic rings. The third-order valence-electron chi connectivity index (χ3n) is 1.62. The van der Waals surface area contributed by atoms with Crippen molar-refractivity contribution in [3.63, 3.8) is 0 Å². The minimum atomic E-state index is -0.0436. The molecule has 0 aliphatic carbocycles. The molecule has 1 N–H and O–H groups in total. The van der Waals surface area contributed by atoms with Gasteiger partial charge in [0.25, 0.3) is 0 Å². The van der Waals surface area contributed by atoms with E-state index in [0.717, 1.165) is 16.7 Å². The molecule has 0 radical (unpaired) electrons. The molecule has 0 bridgehead atoms. The van der Waals surface area contributed by atoms with Crippen molar-refractivity contribution in [1.29, 1.82) is 0 Å². The van der Waals surface area contributed by atoms with Gasteiger partial charge in [0.2, 0.25) is 5.91 Å². The molecule has 1 rings (SSSR count). The van der Waals surface area contributed by atoms with Gasteiger partial charge in [-0.25, -0.2) is 0 Å². The number of halogens is 1. The Morgan fingerprint density at radius 2 is 2.46 bits per heavy atom. The van der Waals surface area contributed by atoms with Crippen LogP contribution in [0.25, 0.3) is 0 Å². The summed E-state index contributed by atoms with van der Waals surface area (Å²) in [5.74, 6) is -0.0436. The number of nitrogens with one attached hydrogen (secondary N) is 1. The molecular weight excluding hydrogens is 234 g/mol. The Hall–Kier alpha value is -0.840. The minimum Gasteiger partial charge on any atom is -0.351 e. The molecule has 5 heteroatoms. The van der Waals surface area contributed by atoms with E-state index >= 15 is 0 Å². The number of hydrogen-bond acceptors (Lipinski definition) is 2. The summed E-state index contributed by atoms with van der Waals surface area (Å²) >= 11 is 3.37. The van der Waals surface area contributed by atoms with Crippen LogP contribution in [0.1, 0.15) is 19.5 Å². The summed E-state index contributed by atoms with van der Waals surface area (Å²) in [5, 5.41) is 6.95. The van der Waals surface area contributed by atoms with Crippen molar-refractivity contribution >= 4 is 21.8 Å². The van der Waals surface area contributed by atoms with Crippen LogP contribution in [-0.4, -0.2) is 15.7 Å². The molecule has 0 saturated carbocycles. The third-order valence-corrected chi connectivity index (χ3v) is 2.28. The molecule has 0 aliphatic rings. The zero-order valence-electron chi connectivity index (χ0n) is 7.67. The molecule has 1 amide bonds. The van der Waals surface area contributed by atoms with Crippen LogP contribution in [0, 0.1) is 0 Å². The van der Waals surface area contributed by atoms with E-state index in [-0.39, 0.29) is 5.91 Å². The van der Waals surface area contributed by atoms with Crippen LogP contribution in [0.15, 0.2) is 10.7 Å². The number of aryl methyl sites for hydroxylation is 1. The lowest BCUT2D eigenvalue weighted by Gasteiger charge is -1.98. The minimum absolute atomic E-state index is 0.0436. The molecule has 0 aliphatic heterocycles. The second-order valence-electron chi connectivity index (χ2n) is 2.69. The van der Waals surface area contributed by atoms with E-state index in [1.54, 1.807) is 0 Å². The van der Waals surface area contributed by atoms with E-state index in [0.29, 0.717) is 6.54 Å². The second-order valence-corrected chi connectivity index (χ2v) is 3.54. The first-order chi connectivity index (χ1) is 6.13. The molecule has 0 spiro atoms. The van der Waals surface area contributed by atoms with Crippen LogP contribution in [0.3, 0.4) is 0 Å². The Morgan fingerprint density at radius 3 is 2.92 bits per heavy atom. The zero-order valence-corrected chi connectivity index (χ0v) is 9.26. The Balaban J connectivity index is 2.65. The largest absolute Gasteiger partial charge is 0.351 e. The molecule has 0 fully saturated rings. The summed E-state index contributed by atoms with van der Waals surface area (Å²) in [6.07, 6.45) is 1.90. The fourth-order valence-electron chi connectivity index (χ4n) is 0.927. The summed E-state index contributed by atoms with van der Waals surface area (Å²) in [5.41, 5.74) is 0.858. The lowest BCUT2D eigenvalue weighted by Crippen LogP contribution is -2.19. The monoisotopic (exact) mass is 245 g/mol. The first-order valence-corrected chi connectivity index (χ1v) is 4.89.